The molecular weight excluding hydrogens is 270 g/mol. The molecule has 2 rings (SSSR count). The fourth-order valence-electron chi connectivity index (χ4n) is 2.16. The van der Waals surface area contributed by atoms with Crippen LogP contribution < -0.4 is 10.5 Å². The number of ether oxygens (including phenoxy) is 1. The Kier molecular flexibility index (Phi) is 5.05. The number of halogens is 1. The molecule has 1 unspecified atom stereocenters. The highest BCUT2D eigenvalue weighted by molar-refractivity contribution is 6.31. The molecule has 2 N–H and O–H groups in total. The van der Waals surface area contributed by atoms with Gasteiger partial charge in [0.05, 0.1) is 0 Å². The van der Waals surface area contributed by atoms with Crippen molar-refractivity contribution in [2.24, 2.45) is 5.73 Å². The minimum absolute atomic E-state index is 0.0521. The number of nitrogens with two attached hydrogens (primary N) is 1. The summed E-state index contributed by atoms with van der Waals surface area (Å²) < 4.78 is 5.92. The maximum absolute atomic E-state index is 6.24. The average molecular weight is 290 g/mol. The summed E-state index contributed by atoms with van der Waals surface area (Å²) >= 11 is 6.24. The molecule has 0 radical (unpaired) electrons. The molecule has 0 fully saturated rings. The van der Waals surface area contributed by atoms with Crippen LogP contribution in [0.1, 0.15) is 23.6 Å². The third-order valence-electron chi connectivity index (χ3n) is 3.08. The molecule has 0 aliphatic rings. The Balaban J connectivity index is 2.15. The zero-order valence-electron chi connectivity index (χ0n) is 11.9. The second-order valence-corrected chi connectivity index (χ2v) is 5.58. The third-order valence-corrected chi connectivity index (χ3v) is 3.43. The van der Waals surface area contributed by atoms with Gasteiger partial charge in [-0.1, -0.05) is 47.5 Å². The van der Waals surface area contributed by atoms with Crippen LogP contribution in [0.2, 0.25) is 5.02 Å². The van der Waals surface area contributed by atoms with Crippen molar-refractivity contribution in [3.63, 3.8) is 0 Å². The standard InChI is InChI=1S/C17H20ClNO/c1-12-5-3-6-14(9-12)11-20-17-8-4-7-16(18)15(17)10-13(2)19/h3-9,13H,10-11,19H2,1-2H3. The van der Waals surface area contributed by atoms with Gasteiger partial charge >= 0.3 is 0 Å². The van der Waals surface area contributed by atoms with Crippen molar-refractivity contribution >= 4 is 11.6 Å². The lowest BCUT2D eigenvalue weighted by Crippen LogP contribution is -2.18. The smallest absolute Gasteiger partial charge is 0.124 e. The quantitative estimate of drug-likeness (QED) is 0.899. The molecule has 0 heterocycles. The maximum Gasteiger partial charge on any atom is 0.124 e. The van der Waals surface area contributed by atoms with Crippen molar-refractivity contribution in [2.75, 3.05) is 0 Å². The van der Waals surface area contributed by atoms with Gasteiger partial charge in [-0.25, -0.2) is 0 Å². The zero-order chi connectivity index (χ0) is 14.5. The van der Waals surface area contributed by atoms with Crippen LogP contribution in [-0.2, 0) is 13.0 Å². The third kappa shape index (κ3) is 3.99. The highest BCUT2D eigenvalue weighted by Crippen LogP contribution is 2.28. The fourth-order valence-corrected chi connectivity index (χ4v) is 2.40. The van der Waals surface area contributed by atoms with Crippen LogP contribution in [0.25, 0.3) is 0 Å². The van der Waals surface area contributed by atoms with E-state index in [1.54, 1.807) is 0 Å². The average Bonchev–Trinajstić information content (AvgIpc) is 2.39. The minimum Gasteiger partial charge on any atom is -0.489 e. The highest BCUT2D eigenvalue weighted by Gasteiger charge is 2.10. The number of hydrogen-bond acceptors (Lipinski definition) is 2. The van der Waals surface area contributed by atoms with Crippen molar-refractivity contribution in [1.29, 1.82) is 0 Å². The second kappa shape index (κ2) is 6.78. The molecular formula is C17H20ClNO. The lowest BCUT2D eigenvalue weighted by atomic mass is 10.1. The molecule has 1 atom stereocenters. The van der Waals surface area contributed by atoms with Gasteiger partial charge in [0.25, 0.3) is 0 Å². The summed E-state index contributed by atoms with van der Waals surface area (Å²) in [5, 5.41) is 0.712. The predicted octanol–water partition coefficient (Wildman–Crippen LogP) is 4.12. The van der Waals surface area contributed by atoms with Crippen molar-refractivity contribution in [1.82, 2.24) is 0 Å². The number of rotatable bonds is 5. The topological polar surface area (TPSA) is 35.2 Å². The summed E-state index contributed by atoms with van der Waals surface area (Å²) in [4.78, 5) is 0. The Labute approximate surface area is 125 Å². The van der Waals surface area contributed by atoms with E-state index in [-0.39, 0.29) is 6.04 Å². The van der Waals surface area contributed by atoms with E-state index in [1.807, 2.05) is 31.2 Å². The van der Waals surface area contributed by atoms with Gasteiger partial charge in [0.1, 0.15) is 12.4 Å². The Morgan fingerprint density at radius 1 is 1.20 bits per heavy atom. The van der Waals surface area contributed by atoms with Gasteiger partial charge < -0.3 is 10.5 Å². The molecule has 0 aromatic heterocycles. The minimum atomic E-state index is 0.0521. The SMILES string of the molecule is Cc1cccc(COc2cccc(Cl)c2CC(C)N)c1. The normalized spacial score (nSPS) is 12.2. The molecule has 20 heavy (non-hydrogen) atoms. The van der Waals surface area contributed by atoms with Crippen LogP contribution in [0.15, 0.2) is 42.5 Å². The first-order chi connectivity index (χ1) is 9.56. The molecule has 0 spiro atoms. The van der Waals surface area contributed by atoms with Gasteiger partial charge in [-0.05, 0) is 38.0 Å². The van der Waals surface area contributed by atoms with E-state index in [2.05, 4.69) is 25.1 Å². The van der Waals surface area contributed by atoms with Crippen molar-refractivity contribution in [3.8, 4) is 5.75 Å². The van der Waals surface area contributed by atoms with E-state index in [0.717, 1.165) is 16.9 Å². The number of aryl methyl sites for hydroxylation is 1. The molecule has 106 valence electrons. The van der Waals surface area contributed by atoms with Gasteiger partial charge in [-0.15, -0.1) is 0 Å². The van der Waals surface area contributed by atoms with E-state index in [4.69, 9.17) is 22.1 Å². The van der Waals surface area contributed by atoms with Crippen molar-refractivity contribution < 1.29 is 4.74 Å². The van der Waals surface area contributed by atoms with Gasteiger partial charge in [0.2, 0.25) is 0 Å². The summed E-state index contributed by atoms with van der Waals surface area (Å²) in [5.74, 6) is 0.816. The molecule has 0 saturated heterocycles. The monoisotopic (exact) mass is 289 g/mol. The molecule has 0 amide bonds. The van der Waals surface area contributed by atoms with E-state index >= 15 is 0 Å². The summed E-state index contributed by atoms with van der Waals surface area (Å²) in [5.41, 5.74) is 9.24. The lowest BCUT2D eigenvalue weighted by Gasteiger charge is -2.14. The molecule has 2 aromatic carbocycles. The first-order valence-corrected chi connectivity index (χ1v) is 7.15. The highest BCUT2D eigenvalue weighted by atomic mass is 35.5. The summed E-state index contributed by atoms with van der Waals surface area (Å²) in [6.07, 6.45) is 0.711. The first kappa shape index (κ1) is 14.9. The predicted molar refractivity (Wildman–Crippen MR) is 84.3 cm³/mol. The van der Waals surface area contributed by atoms with Gasteiger partial charge in [0.15, 0.2) is 0 Å². The summed E-state index contributed by atoms with van der Waals surface area (Å²) in [6.45, 7) is 4.58. The fraction of sp³-hybridized carbons (Fsp3) is 0.294. The second-order valence-electron chi connectivity index (χ2n) is 5.18. The van der Waals surface area contributed by atoms with E-state index < -0.39 is 0 Å². The van der Waals surface area contributed by atoms with Crippen molar-refractivity contribution in [3.05, 3.63) is 64.2 Å². The Morgan fingerprint density at radius 3 is 2.65 bits per heavy atom. The van der Waals surface area contributed by atoms with E-state index in [0.29, 0.717) is 18.1 Å². The van der Waals surface area contributed by atoms with Crippen LogP contribution in [0.3, 0.4) is 0 Å². The number of benzene rings is 2. The summed E-state index contributed by atoms with van der Waals surface area (Å²) in [6, 6.07) is 14.1. The summed E-state index contributed by atoms with van der Waals surface area (Å²) in [7, 11) is 0. The van der Waals surface area contributed by atoms with Gasteiger partial charge in [-0.3, -0.25) is 0 Å². The van der Waals surface area contributed by atoms with E-state index in [9.17, 15) is 0 Å². The molecule has 0 aliphatic heterocycles. The Bertz CT molecular complexity index is 581. The molecule has 0 aliphatic carbocycles. The Hall–Kier alpha value is -1.51. The maximum atomic E-state index is 6.24. The molecule has 2 aromatic rings. The van der Waals surface area contributed by atoms with Crippen LogP contribution in [0.5, 0.6) is 5.75 Å². The largest absolute Gasteiger partial charge is 0.489 e. The zero-order valence-corrected chi connectivity index (χ0v) is 12.7. The van der Waals surface area contributed by atoms with Crippen LogP contribution in [0.4, 0.5) is 0 Å². The van der Waals surface area contributed by atoms with Crippen LogP contribution in [-0.4, -0.2) is 6.04 Å². The molecule has 3 heteroatoms. The van der Waals surface area contributed by atoms with Gasteiger partial charge in [0, 0.05) is 16.6 Å². The van der Waals surface area contributed by atoms with Crippen LogP contribution >= 0.6 is 11.6 Å². The lowest BCUT2D eigenvalue weighted by molar-refractivity contribution is 0.302. The number of hydrogen-bond donors (Lipinski definition) is 1. The molecule has 0 bridgehead atoms. The van der Waals surface area contributed by atoms with Crippen LogP contribution in [0, 0.1) is 6.92 Å². The first-order valence-electron chi connectivity index (χ1n) is 6.77. The molecule has 0 saturated carbocycles. The van der Waals surface area contributed by atoms with Gasteiger partial charge in [-0.2, -0.15) is 0 Å². The molecule has 2 nitrogen and oxygen atoms in total. The van der Waals surface area contributed by atoms with Crippen molar-refractivity contribution in [2.45, 2.75) is 32.9 Å². The Morgan fingerprint density at radius 2 is 1.95 bits per heavy atom. The van der Waals surface area contributed by atoms with E-state index in [1.165, 1.54) is 5.56 Å².